The Labute approximate surface area is 126 Å². The highest BCUT2D eigenvalue weighted by molar-refractivity contribution is 5.78. The summed E-state index contributed by atoms with van der Waals surface area (Å²) in [5.74, 6) is 0.313. The van der Waals surface area contributed by atoms with E-state index in [2.05, 4.69) is 20.9 Å². The average Bonchev–Trinajstić information content (AvgIpc) is 3.05. The maximum absolute atomic E-state index is 12.1. The first kappa shape index (κ1) is 14.5. The van der Waals surface area contributed by atoms with Gasteiger partial charge in [0, 0.05) is 58.2 Å². The van der Waals surface area contributed by atoms with Crippen molar-refractivity contribution in [3.8, 4) is 0 Å². The molecule has 0 radical (unpaired) electrons. The van der Waals surface area contributed by atoms with Gasteiger partial charge in [-0.1, -0.05) is 6.07 Å². The maximum atomic E-state index is 12.1. The number of amides is 1. The van der Waals surface area contributed by atoms with Crippen LogP contribution in [-0.2, 0) is 11.3 Å². The molecule has 2 saturated heterocycles. The highest BCUT2D eigenvalue weighted by atomic mass is 16.2. The summed E-state index contributed by atoms with van der Waals surface area (Å²) in [5.41, 5.74) is 1.26. The fourth-order valence-electron chi connectivity index (χ4n) is 3.11. The molecule has 1 amide bonds. The monoisotopic (exact) mass is 288 g/mol. The first-order valence-electron chi connectivity index (χ1n) is 7.93. The molecule has 3 heterocycles. The number of carbonyl (C=O) groups is 1. The molecule has 2 aliphatic heterocycles. The van der Waals surface area contributed by atoms with Gasteiger partial charge in [-0.15, -0.1) is 0 Å². The van der Waals surface area contributed by atoms with Crippen LogP contribution in [0.4, 0.5) is 0 Å². The Morgan fingerprint density at radius 2 is 1.76 bits per heavy atom. The molecule has 3 rings (SSSR count). The van der Waals surface area contributed by atoms with Crippen molar-refractivity contribution in [2.75, 3.05) is 45.8 Å². The summed E-state index contributed by atoms with van der Waals surface area (Å²) in [6.45, 7) is 7.51. The molecule has 0 spiro atoms. The molecule has 0 bridgehead atoms. The number of rotatable bonds is 4. The van der Waals surface area contributed by atoms with Crippen molar-refractivity contribution in [3.63, 3.8) is 0 Å². The molecule has 0 atom stereocenters. The molecule has 0 aromatic carbocycles. The van der Waals surface area contributed by atoms with Crippen LogP contribution in [0.1, 0.15) is 18.4 Å². The second-order valence-electron chi connectivity index (χ2n) is 6.00. The Morgan fingerprint density at radius 3 is 2.43 bits per heavy atom. The number of pyridine rings is 1. The minimum atomic E-state index is 0.313. The number of nitrogens with zero attached hydrogens (tertiary/aromatic N) is 4. The topological polar surface area (TPSA) is 39.7 Å². The molecule has 21 heavy (non-hydrogen) atoms. The fraction of sp³-hybridized carbons (Fsp3) is 0.625. The van der Waals surface area contributed by atoms with E-state index in [1.54, 1.807) is 0 Å². The van der Waals surface area contributed by atoms with E-state index in [9.17, 15) is 4.79 Å². The molecule has 2 aliphatic rings. The number of piperazine rings is 1. The molecule has 0 aliphatic carbocycles. The summed E-state index contributed by atoms with van der Waals surface area (Å²) in [6.07, 6.45) is 6.09. The summed E-state index contributed by atoms with van der Waals surface area (Å²) in [4.78, 5) is 23.1. The van der Waals surface area contributed by atoms with Gasteiger partial charge in [0.1, 0.15) is 0 Å². The SMILES string of the molecule is O=C(CN1CCN(Cc2cccnc2)CC1)N1CCCC1. The summed E-state index contributed by atoms with van der Waals surface area (Å²) in [6, 6.07) is 4.11. The average molecular weight is 288 g/mol. The van der Waals surface area contributed by atoms with Crippen molar-refractivity contribution in [2.45, 2.75) is 19.4 Å². The minimum Gasteiger partial charge on any atom is -0.342 e. The minimum absolute atomic E-state index is 0.313. The van der Waals surface area contributed by atoms with Gasteiger partial charge in [-0.2, -0.15) is 0 Å². The lowest BCUT2D eigenvalue weighted by molar-refractivity contribution is -0.131. The van der Waals surface area contributed by atoms with Crippen LogP contribution in [0.25, 0.3) is 0 Å². The number of hydrogen-bond donors (Lipinski definition) is 0. The highest BCUT2D eigenvalue weighted by Crippen LogP contribution is 2.10. The normalized spacial score (nSPS) is 20.9. The Bertz CT molecular complexity index is 451. The standard InChI is InChI=1S/C16H24N4O/c21-16(20-6-1-2-7-20)14-19-10-8-18(9-11-19)13-15-4-3-5-17-12-15/h3-5,12H,1-2,6-11,13-14H2. The number of aromatic nitrogens is 1. The molecule has 114 valence electrons. The molecule has 0 unspecified atom stereocenters. The van der Waals surface area contributed by atoms with Gasteiger partial charge in [0.15, 0.2) is 0 Å². The largest absolute Gasteiger partial charge is 0.342 e. The maximum Gasteiger partial charge on any atom is 0.236 e. The third-order valence-electron chi connectivity index (χ3n) is 4.41. The van der Waals surface area contributed by atoms with E-state index < -0.39 is 0 Å². The lowest BCUT2D eigenvalue weighted by atomic mass is 10.2. The molecule has 5 nitrogen and oxygen atoms in total. The number of likely N-dealkylation sites (tertiary alicyclic amines) is 1. The lowest BCUT2D eigenvalue weighted by Gasteiger charge is -2.34. The van der Waals surface area contributed by atoms with Gasteiger partial charge in [-0.25, -0.2) is 0 Å². The highest BCUT2D eigenvalue weighted by Gasteiger charge is 2.23. The molecule has 0 saturated carbocycles. The first-order valence-corrected chi connectivity index (χ1v) is 7.93. The Hall–Kier alpha value is -1.46. The molecular formula is C16H24N4O. The summed E-state index contributed by atoms with van der Waals surface area (Å²) >= 11 is 0. The molecule has 1 aromatic heterocycles. The quantitative estimate of drug-likeness (QED) is 0.822. The van der Waals surface area contributed by atoms with Gasteiger partial charge in [0.2, 0.25) is 5.91 Å². The van der Waals surface area contributed by atoms with Crippen LogP contribution in [0.2, 0.25) is 0 Å². The Morgan fingerprint density at radius 1 is 1.05 bits per heavy atom. The second kappa shape index (κ2) is 7.00. The van der Waals surface area contributed by atoms with E-state index >= 15 is 0 Å². The van der Waals surface area contributed by atoms with Crippen molar-refractivity contribution >= 4 is 5.91 Å². The zero-order chi connectivity index (χ0) is 14.5. The van der Waals surface area contributed by atoms with Crippen molar-refractivity contribution in [1.82, 2.24) is 19.7 Å². The van der Waals surface area contributed by atoms with Gasteiger partial charge < -0.3 is 4.90 Å². The zero-order valence-electron chi connectivity index (χ0n) is 12.6. The van der Waals surface area contributed by atoms with Crippen molar-refractivity contribution in [3.05, 3.63) is 30.1 Å². The van der Waals surface area contributed by atoms with Crippen molar-refractivity contribution in [1.29, 1.82) is 0 Å². The van der Waals surface area contributed by atoms with Gasteiger partial charge >= 0.3 is 0 Å². The Kier molecular flexibility index (Phi) is 4.83. The van der Waals surface area contributed by atoms with Crippen LogP contribution >= 0.6 is 0 Å². The van der Waals surface area contributed by atoms with Crippen molar-refractivity contribution < 1.29 is 4.79 Å². The van der Waals surface area contributed by atoms with Crippen LogP contribution in [0, 0.1) is 0 Å². The van der Waals surface area contributed by atoms with Crippen LogP contribution in [0.15, 0.2) is 24.5 Å². The van der Waals surface area contributed by atoms with E-state index in [1.807, 2.05) is 23.4 Å². The van der Waals surface area contributed by atoms with Gasteiger partial charge in [0.05, 0.1) is 6.54 Å². The van der Waals surface area contributed by atoms with Crippen LogP contribution in [0.5, 0.6) is 0 Å². The smallest absolute Gasteiger partial charge is 0.236 e. The lowest BCUT2D eigenvalue weighted by Crippen LogP contribution is -2.49. The number of hydrogen-bond acceptors (Lipinski definition) is 4. The van der Waals surface area contributed by atoms with E-state index in [-0.39, 0.29) is 0 Å². The molecule has 0 N–H and O–H groups in total. The van der Waals surface area contributed by atoms with Crippen molar-refractivity contribution in [2.24, 2.45) is 0 Å². The van der Waals surface area contributed by atoms with Crippen LogP contribution < -0.4 is 0 Å². The van der Waals surface area contributed by atoms with E-state index in [0.717, 1.165) is 45.8 Å². The Balaban J connectivity index is 1.41. The van der Waals surface area contributed by atoms with Crippen LogP contribution in [-0.4, -0.2) is 71.4 Å². The van der Waals surface area contributed by atoms with E-state index in [4.69, 9.17) is 0 Å². The first-order chi connectivity index (χ1) is 10.3. The summed E-state index contributed by atoms with van der Waals surface area (Å²) in [7, 11) is 0. The molecule has 5 heteroatoms. The molecule has 2 fully saturated rings. The van der Waals surface area contributed by atoms with Gasteiger partial charge in [-0.3, -0.25) is 19.6 Å². The second-order valence-corrected chi connectivity index (χ2v) is 6.00. The van der Waals surface area contributed by atoms with E-state index in [0.29, 0.717) is 12.5 Å². The van der Waals surface area contributed by atoms with Gasteiger partial charge in [0.25, 0.3) is 0 Å². The predicted octanol–water partition coefficient (Wildman–Crippen LogP) is 0.822. The zero-order valence-corrected chi connectivity index (χ0v) is 12.6. The fourth-order valence-corrected chi connectivity index (χ4v) is 3.11. The predicted molar refractivity (Wildman–Crippen MR) is 81.8 cm³/mol. The number of carbonyl (C=O) groups excluding carboxylic acids is 1. The van der Waals surface area contributed by atoms with E-state index in [1.165, 1.54) is 18.4 Å². The summed E-state index contributed by atoms with van der Waals surface area (Å²) < 4.78 is 0. The third-order valence-corrected chi connectivity index (χ3v) is 4.41. The van der Waals surface area contributed by atoms with Crippen LogP contribution in [0.3, 0.4) is 0 Å². The molecular weight excluding hydrogens is 264 g/mol. The summed E-state index contributed by atoms with van der Waals surface area (Å²) in [5, 5.41) is 0. The van der Waals surface area contributed by atoms with Gasteiger partial charge in [-0.05, 0) is 24.5 Å². The molecule has 1 aromatic rings. The third kappa shape index (κ3) is 4.02.